The molecule has 4 rings (SSSR count). The summed E-state index contributed by atoms with van der Waals surface area (Å²) in [5, 5.41) is 3.05. The van der Waals surface area contributed by atoms with Gasteiger partial charge in [-0.15, -0.1) is 11.3 Å². The molecular formula is C21H24N2O3S. The molecule has 0 spiro atoms. The van der Waals surface area contributed by atoms with Gasteiger partial charge in [0.2, 0.25) is 0 Å². The summed E-state index contributed by atoms with van der Waals surface area (Å²) in [6, 6.07) is 12.1. The number of methoxy groups -OCH3 is 1. The van der Waals surface area contributed by atoms with E-state index in [0.717, 1.165) is 41.0 Å². The molecule has 1 amide bonds. The summed E-state index contributed by atoms with van der Waals surface area (Å²) in [7, 11) is 1.67. The highest BCUT2D eigenvalue weighted by atomic mass is 32.1. The minimum Gasteiger partial charge on any atom is -0.496 e. The topological polar surface area (TPSA) is 52.5 Å². The molecule has 1 saturated heterocycles. The normalized spacial score (nSPS) is 16.7. The highest BCUT2D eigenvalue weighted by Gasteiger charge is 2.21. The van der Waals surface area contributed by atoms with Gasteiger partial charge in [0.15, 0.2) is 0 Å². The van der Waals surface area contributed by atoms with E-state index < -0.39 is 0 Å². The molecule has 142 valence electrons. The lowest BCUT2D eigenvalue weighted by atomic mass is 10.2. The number of carbonyl (C=O) groups is 1. The van der Waals surface area contributed by atoms with E-state index in [1.54, 1.807) is 18.4 Å². The fourth-order valence-corrected chi connectivity index (χ4v) is 4.59. The number of aryl methyl sites for hydroxylation is 1. The number of ether oxygens (including phenoxy) is 2. The fraction of sp³-hybridized carbons (Fsp3) is 0.381. The Hall–Kier alpha value is -2.31. The lowest BCUT2D eigenvalue weighted by Crippen LogP contribution is -2.33. The van der Waals surface area contributed by atoms with Crippen molar-refractivity contribution in [1.29, 1.82) is 0 Å². The van der Waals surface area contributed by atoms with Gasteiger partial charge in [0, 0.05) is 23.6 Å². The van der Waals surface area contributed by atoms with Crippen molar-refractivity contribution in [2.45, 2.75) is 32.4 Å². The van der Waals surface area contributed by atoms with Crippen LogP contribution in [0, 0.1) is 6.92 Å². The Morgan fingerprint density at radius 1 is 1.37 bits per heavy atom. The van der Waals surface area contributed by atoms with E-state index in [4.69, 9.17) is 9.47 Å². The molecule has 27 heavy (non-hydrogen) atoms. The van der Waals surface area contributed by atoms with Crippen molar-refractivity contribution < 1.29 is 14.3 Å². The van der Waals surface area contributed by atoms with Crippen LogP contribution in [0.5, 0.6) is 5.75 Å². The zero-order valence-electron chi connectivity index (χ0n) is 15.7. The first kappa shape index (κ1) is 18.1. The summed E-state index contributed by atoms with van der Waals surface area (Å²) in [5.41, 5.74) is 2.82. The highest BCUT2D eigenvalue weighted by molar-refractivity contribution is 7.19. The molecule has 0 aliphatic carbocycles. The van der Waals surface area contributed by atoms with Crippen LogP contribution in [0.4, 0.5) is 0 Å². The van der Waals surface area contributed by atoms with Gasteiger partial charge in [0.25, 0.3) is 5.91 Å². The smallest absolute Gasteiger partial charge is 0.268 e. The van der Waals surface area contributed by atoms with Crippen LogP contribution in [-0.4, -0.2) is 36.8 Å². The lowest BCUT2D eigenvalue weighted by molar-refractivity contribution is 0.0851. The van der Waals surface area contributed by atoms with E-state index in [1.165, 1.54) is 4.88 Å². The van der Waals surface area contributed by atoms with Gasteiger partial charge in [-0.05, 0) is 38.0 Å². The zero-order chi connectivity index (χ0) is 18.8. The number of hydrogen-bond acceptors (Lipinski definition) is 4. The average molecular weight is 385 g/mol. The van der Waals surface area contributed by atoms with E-state index in [0.29, 0.717) is 18.8 Å². The molecule has 0 radical (unpaired) electrons. The summed E-state index contributed by atoms with van der Waals surface area (Å²) in [6.07, 6.45) is 2.21. The van der Waals surface area contributed by atoms with Crippen LogP contribution < -0.4 is 10.1 Å². The molecule has 2 aromatic heterocycles. The van der Waals surface area contributed by atoms with Crippen molar-refractivity contribution in [3.05, 3.63) is 52.5 Å². The minimum absolute atomic E-state index is 0.0542. The second-order valence-corrected chi connectivity index (χ2v) is 8.17. The van der Waals surface area contributed by atoms with Crippen molar-refractivity contribution in [3.63, 3.8) is 0 Å². The number of nitrogens with zero attached hydrogens (tertiary/aromatic N) is 1. The van der Waals surface area contributed by atoms with Crippen molar-refractivity contribution in [1.82, 2.24) is 9.88 Å². The first-order valence-electron chi connectivity index (χ1n) is 9.27. The Kier molecular flexibility index (Phi) is 5.18. The van der Waals surface area contributed by atoms with Crippen LogP contribution >= 0.6 is 11.3 Å². The molecule has 0 bridgehead atoms. The van der Waals surface area contributed by atoms with Gasteiger partial charge >= 0.3 is 0 Å². The molecular weight excluding hydrogens is 360 g/mol. The van der Waals surface area contributed by atoms with Crippen molar-refractivity contribution in [3.8, 4) is 5.75 Å². The van der Waals surface area contributed by atoms with E-state index in [-0.39, 0.29) is 12.0 Å². The van der Waals surface area contributed by atoms with Crippen LogP contribution in [-0.2, 0) is 11.3 Å². The fourth-order valence-electron chi connectivity index (χ4n) is 3.63. The molecule has 3 aromatic rings. The zero-order valence-corrected chi connectivity index (χ0v) is 16.5. The summed E-state index contributed by atoms with van der Waals surface area (Å²) in [4.78, 5) is 14.1. The number of fused-ring (bicyclic) bond motifs is 1. The Bertz CT molecular complexity index is 954. The van der Waals surface area contributed by atoms with Crippen LogP contribution in [0.3, 0.4) is 0 Å². The molecule has 1 N–H and O–H groups in total. The Balaban J connectivity index is 1.64. The summed E-state index contributed by atoms with van der Waals surface area (Å²) >= 11 is 1.71. The van der Waals surface area contributed by atoms with Crippen LogP contribution in [0.1, 0.15) is 33.8 Å². The second-order valence-electron chi connectivity index (χ2n) is 6.88. The number of para-hydroxylation sites is 1. The van der Waals surface area contributed by atoms with E-state index in [9.17, 15) is 4.79 Å². The molecule has 1 unspecified atom stereocenters. The first-order chi connectivity index (χ1) is 13.2. The molecule has 1 atom stereocenters. The second kappa shape index (κ2) is 7.74. The van der Waals surface area contributed by atoms with Gasteiger partial charge in [0.1, 0.15) is 11.4 Å². The number of rotatable bonds is 6. The monoisotopic (exact) mass is 384 g/mol. The van der Waals surface area contributed by atoms with Crippen LogP contribution in [0.2, 0.25) is 0 Å². The number of hydrogen-bond donors (Lipinski definition) is 1. The van der Waals surface area contributed by atoms with Gasteiger partial charge in [-0.3, -0.25) is 4.79 Å². The predicted molar refractivity (Wildman–Crippen MR) is 108 cm³/mol. The summed E-state index contributed by atoms with van der Waals surface area (Å²) in [6.45, 7) is 4.03. The molecule has 0 saturated carbocycles. The maximum absolute atomic E-state index is 12.9. The quantitative estimate of drug-likeness (QED) is 0.699. The number of aromatic nitrogens is 1. The largest absolute Gasteiger partial charge is 0.496 e. The van der Waals surface area contributed by atoms with Crippen molar-refractivity contribution in [2.24, 2.45) is 0 Å². The van der Waals surface area contributed by atoms with Crippen LogP contribution in [0.25, 0.3) is 10.2 Å². The van der Waals surface area contributed by atoms with E-state index in [2.05, 4.69) is 22.9 Å². The third kappa shape index (κ3) is 3.73. The van der Waals surface area contributed by atoms with Crippen LogP contribution in [0.15, 0.2) is 36.4 Å². The number of benzene rings is 1. The third-order valence-corrected chi connectivity index (χ3v) is 5.97. The molecule has 6 heteroatoms. The van der Waals surface area contributed by atoms with Crippen molar-refractivity contribution in [2.75, 3.05) is 20.3 Å². The highest BCUT2D eigenvalue weighted by Crippen LogP contribution is 2.30. The SMILES string of the molecule is COc1ccccc1Cn1c(C(=O)NCC2CCCO2)cc2sc(C)cc21. The van der Waals surface area contributed by atoms with Gasteiger partial charge in [-0.1, -0.05) is 18.2 Å². The number of amides is 1. The maximum Gasteiger partial charge on any atom is 0.268 e. The molecule has 1 aliphatic rings. The lowest BCUT2D eigenvalue weighted by Gasteiger charge is -2.15. The number of thiophene rings is 1. The van der Waals surface area contributed by atoms with Crippen molar-refractivity contribution >= 4 is 27.5 Å². The Morgan fingerprint density at radius 3 is 3.00 bits per heavy atom. The number of carbonyl (C=O) groups excluding carboxylic acids is 1. The Labute approximate surface area is 162 Å². The van der Waals surface area contributed by atoms with E-state index in [1.807, 2.05) is 30.3 Å². The standard InChI is InChI=1S/C21H24N2O3S/c1-14-10-17-20(27-14)11-18(21(24)22-12-16-7-5-9-26-16)23(17)13-15-6-3-4-8-19(15)25-2/h3-4,6,8,10-11,16H,5,7,9,12-13H2,1-2H3,(H,22,24). The molecule has 5 nitrogen and oxygen atoms in total. The van der Waals surface area contributed by atoms with Gasteiger partial charge in [-0.2, -0.15) is 0 Å². The Morgan fingerprint density at radius 2 is 2.22 bits per heavy atom. The molecule has 1 fully saturated rings. The minimum atomic E-state index is -0.0542. The molecule has 3 heterocycles. The number of nitrogens with one attached hydrogen (secondary N) is 1. The average Bonchev–Trinajstić information content (AvgIpc) is 3.38. The first-order valence-corrected chi connectivity index (χ1v) is 10.1. The third-order valence-electron chi connectivity index (χ3n) is 4.98. The van der Waals surface area contributed by atoms with Gasteiger partial charge < -0.3 is 19.4 Å². The van der Waals surface area contributed by atoms with Gasteiger partial charge in [0.05, 0.1) is 30.0 Å². The molecule has 1 aromatic carbocycles. The molecule has 1 aliphatic heterocycles. The maximum atomic E-state index is 12.9. The summed E-state index contributed by atoms with van der Waals surface area (Å²) in [5.74, 6) is 0.776. The van der Waals surface area contributed by atoms with E-state index >= 15 is 0 Å². The van der Waals surface area contributed by atoms with Gasteiger partial charge in [-0.25, -0.2) is 0 Å². The predicted octanol–water partition coefficient (Wildman–Crippen LogP) is 3.98. The summed E-state index contributed by atoms with van der Waals surface area (Å²) < 4.78 is 14.3.